The molecule has 8 nitrogen and oxygen atoms in total. The minimum atomic E-state index is -3.17. The van der Waals surface area contributed by atoms with Gasteiger partial charge in [-0.05, 0) is 50.6 Å². The van der Waals surface area contributed by atoms with E-state index in [1.165, 1.54) is 19.2 Å². The lowest BCUT2D eigenvalue weighted by Crippen LogP contribution is -2.45. The molecule has 3 aromatic rings. The number of methoxy groups -OCH3 is 1. The summed E-state index contributed by atoms with van der Waals surface area (Å²) in [5.41, 5.74) is 0.524. The van der Waals surface area contributed by atoms with Gasteiger partial charge in [0.1, 0.15) is 33.7 Å². The number of carbonyl (C=O) groups excluding carboxylic acids is 1. The van der Waals surface area contributed by atoms with Gasteiger partial charge in [0.25, 0.3) is 0 Å². The van der Waals surface area contributed by atoms with Gasteiger partial charge < -0.3 is 18.9 Å². The molecule has 1 aliphatic rings. The van der Waals surface area contributed by atoms with Crippen molar-refractivity contribution in [1.82, 2.24) is 9.38 Å². The summed E-state index contributed by atoms with van der Waals surface area (Å²) in [6, 6.07) is 8.74. The maximum absolute atomic E-state index is 13.2. The minimum absolute atomic E-state index is 0.0176. The molecule has 0 saturated carbocycles. The van der Waals surface area contributed by atoms with Crippen molar-refractivity contribution in [2.24, 2.45) is 0 Å². The molecule has 0 atom stereocenters. The van der Waals surface area contributed by atoms with Crippen LogP contribution in [0.15, 0.2) is 36.7 Å². The van der Waals surface area contributed by atoms with E-state index in [4.69, 9.17) is 14.2 Å². The smallest absolute Gasteiger partial charge is 0.387 e. The first-order valence-corrected chi connectivity index (χ1v) is 10.4. The normalized spacial score (nSPS) is 15.0. The maximum Gasteiger partial charge on any atom is 0.387 e. The third kappa shape index (κ3) is 4.26. The lowest BCUT2D eigenvalue weighted by atomic mass is 9.81. The molecular formula is C24H23F2N3O5. The van der Waals surface area contributed by atoms with Gasteiger partial charge in [0.05, 0.1) is 38.3 Å². The Labute approximate surface area is 194 Å². The molecule has 0 radical (unpaired) electrons. The molecule has 3 heterocycles. The van der Waals surface area contributed by atoms with E-state index in [9.17, 15) is 18.8 Å². The Hall–Kier alpha value is -3.71. The highest BCUT2D eigenvalue weighted by molar-refractivity contribution is 5.97. The topological polar surface area (TPSA) is 95.1 Å². The van der Waals surface area contributed by atoms with Crippen molar-refractivity contribution in [3.63, 3.8) is 0 Å². The lowest BCUT2D eigenvalue weighted by Gasteiger charge is -2.35. The van der Waals surface area contributed by atoms with Gasteiger partial charge in [-0.1, -0.05) is 0 Å². The van der Waals surface area contributed by atoms with Gasteiger partial charge in [-0.15, -0.1) is 0 Å². The Morgan fingerprint density at radius 3 is 2.53 bits per heavy atom. The van der Waals surface area contributed by atoms with Crippen molar-refractivity contribution in [1.29, 1.82) is 5.26 Å². The zero-order valence-electron chi connectivity index (χ0n) is 19.1. The molecule has 0 amide bonds. The fourth-order valence-electron chi connectivity index (χ4n) is 3.71. The number of pyridine rings is 1. The number of carbonyl (C=O) groups is 1. The van der Waals surface area contributed by atoms with E-state index >= 15 is 0 Å². The van der Waals surface area contributed by atoms with Crippen LogP contribution in [0.5, 0.6) is 11.5 Å². The Bertz CT molecular complexity index is 1290. The number of nitriles is 1. The summed E-state index contributed by atoms with van der Waals surface area (Å²) in [5, 5.41) is 9.56. The van der Waals surface area contributed by atoms with Crippen molar-refractivity contribution < 1.29 is 32.5 Å². The van der Waals surface area contributed by atoms with Crippen LogP contribution in [0.4, 0.5) is 8.78 Å². The van der Waals surface area contributed by atoms with E-state index in [0.29, 0.717) is 30.1 Å². The Morgan fingerprint density at radius 2 is 1.97 bits per heavy atom. The second-order valence-corrected chi connectivity index (χ2v) is 8.91. The fourth-order valence-corrected chi connectivity index (χ4v) is 3.71. The van der Waals surface area contributed by atoms with Crippen LogP contribution in [0.2, 0.25) is 0 Å². The molecule has 4 rings (SSSR count). The lowest BCUT2D eigenvalue weighted by molar-refractivity contribution is -0.0509. The quantitative estimate of drug-likeness (QED) is 0.493. The SMILES string of the molecule is COc1cc(-c2cnc3cc(C4(C#N)COC4)ccn23)cc(OC(F)F)c1C(=O)OC(C)(C)C. The molecule has 1 fully saturated rings. The van der Waals surface area contributed by atoms with Crippen LogP contribution in [0.25, 0.3) is 16.9 Å². The molecule has 1 saturated heterocycles. The highest BCUT2D eigenvalue weighted by Crippen LogP contribution is 2.38. The summed E-state index contributed by atoms with van der Waals surface area (Å²) < 4.78 is 48.8. The summed E-state index contributed by atoms with van der Waals surface area (Å²) in [6.45, 7) is 2.45. The first-order chi connectivity index (χ1) is 16.1. The minimum Gasteiger partial charge on any atom is -0.496 e. The van der Waals surface area contributed by atoms with Crippen LogP contribution >= 0.6 is 0 Å². The number of benzene rings is 1. The van der Waals surface area contributed by atoms with Gasteiger partial charge in [-0.3, -0.25) is 4.40 Å². The average Bonchev–Trinajstić information content (AvgIpc) is 3.14. The van der Waals surface area contributed by atoms with Crippen LogP contribution in [-0.4, -0.2) is 47.9 Å². The third-order valence-corrected chi connectivity index (χ3v) is 5.38. The van der Waals surface area contributed by atoms with Crippen LogP contribution in [0, 0.1) is 11.3 Å². The van der Waals surface area contributed by atoms with Gasteiger partial charge in [-0.2, -0.15) is 14.0 Å². The molecule has 0 bridgehead atoms. The summed E-state index contributed by atoms with van der Waals surface area (Å²) >= 11 is 0. The second-order valence-electron chi connectivity index (χ2n) is 8.91. The van der Waals surface area contributed by atoms with Gasteiger partial charge in [0.2, 0.25) is 0 Å². The predicted molar refractivity (Wildman–Crippen MR) is 117 cm³/mol. The van der Waals surface area contributed by atoms with E-state index in [2.05, 4.69) is 15.8 Å². The highest BCUT2D eigenvalue weighted by atomic mass is 19.3. The summed E-state index contributed by atoms with van der Waals surface area (Å²) in [7, 11) is 1.32. The number of alkyl halides is 2. The number of aromatic nitrogens is 2. The Morgan fingerprint density at radius 1 is 1.26 bits per heavy atom. The van der Waals surface area contributed by atoms with Crippen LogP contribution in [-0.2, 0) is 14.9 Å². The van der Waals surface area contributed by atoms with E-state index in [1.54, 1.807) is 49.7 Å². The molecule has 0 N–H and O–H groups in total. The van der Waals surface area contributed by atoms with Crippen LogP contribution in [0.1, 0.15) is 36.7 Å². The molecule has 178 valence electrons. The van der Waals surface area contributed by atoms with Gasteiger partial charge in [0.15, 0.2) is 0 Å². The number of imidazole rings is 1. The highest BCUT2D eigenvalue weighted by Gasteiger charge is 2.41. The predicted octanol–water partition coefficient (Wildman–Crippen LogP) is 4.36. The largest absolute Gasteiger partial charge is 0.496 e. The number of nitrogens with zero attached hydrogens (tertiary/aromatic N) is 3. The number of ether oxygens (including phenoxy) is 4. The second kappa shape index (κ2) is 8.57. The first-order valence-electron chi connectivity index (χ1n) is 10.4. The van der Waals surface area contributed by atoms with Crippen molar-refractivity contribution in [2.45, 2.75) is 38.4 Å². The Kier molecular flexibility index (Phi) is 5.91. The van der Waals surface area contributed by atoms with E-state index in [1.807, 2.05) is 0 Å². The van der Waals surface area contributed by atoms with Crippen molar-refractivity contribution >= 4 is 11.6 Å². The average molecular weight is 471 g/mol. The Balaban J connectivity index is 1.81. The summed E-state index contributed by atoms with van der Waals surface area (Å²) in [5.74, 6) is -1.21. The first kappa shape index (κ1) is 23.4. The maximum atomic E-state index is 13.2. The molecule has 2 aromatic heterocycles. The number of halogens is 2. The van der Waals surface area contributed by atoms with E-state index < -0.39 is 23.6 Å². The molecule has 1 aliphatic heterocycles. The summed E-state index contributed by atoms with van der Waals surface area (Å²) in [6.07, 6.45) is 3.30. The third-order valence-electron chi connectivity index (χ3n) is 5.38. The zero-order valence-corrected chi connectivity index (χ0v) is 19.1. The zero-order chi connectivity index (χ0) is 24.7. The molecule has 10 heteroatoms. The van der Waals surface area contributed by atoms with Gasteiger partial charge in [0, 0.05) is 11.8 Å². The fraction of sp³-hybridized carbons (Fsp3) is 0.375. The molecule has 0 aliphatic carbocycles. The number of esters is 1. The van der Waals surface area contributed by atoms with Crippen molar-refractivity contribution in [3.8, 4) is 28.8 Å². The van der Waals surface area contributed by atoms with Gasteiger partial charge >= 0.3 is 12.6 Å². The van der Waals surface area contributed by atoms with Crippen molar-refractivity contribution in [3.05, 3.63) is 47.8 Å². The van der Waals surface area contributed by atoms with Gasteiger partial charge in [-0.25, -0.2) is 9.78 Å². The molecule has 34 heavy (non-hydrogen) atoms. The molecule has 1 aromatic carbocycles. The number of rotatable bonds is 6. The number of hydrogen-bond acceptors (Lipinski definition) is 7. The molecule has 0 spiro atoms. The molecule has 0 unspecified atom stereocenters. The van der Waals surface area contributed by atoms with E-state index in [-0.39, 0.29) is 17.1 Å². The molecular weight excluding hydrogens is 448 g/mol. The monoisotopic (exact) mass is 471 g/mol. The number of hydrogen-bond donors (Lipinski definition) is 0. The summed E-state index contributed by atoms with van der Waals surface area (Å²) in [4.78, 5) is 17.2. The standard InChI is InChI=1S/C24H23F2N3O5/c1-23(2,3)34-21(30)20-17(31-4)7-14(8-18(20)33-22(25)26)16-10-28-19-9-15(5-6-29(16)19)24(11-27)12-32-13-24/h5-10,22H,12-13H2,1-4H3. The van der Waals surface area contributed by atoms with E-state index in [0.717, 1.165) is 5.56 Å². The number of fused-ring (bicyclic) bond motifs is 1. The van der Waals surface area contributed by atoms with Crippen LogP contribution < -0.4 is 9.47 Å². The van der Waals surface area contributed by atoms with Crippen molar-refractivity contribution in [2.75, 3.05) is 20.3 Å². The van der Waals surface area contributed by atoms with Crippen LogP contribution in [0.3, 0.4) is 0 Å².